The lowest BCUT2D eigenvalue weighted by atomic mass is 10.0. The van der Waals surface area contributed by atoms with Gasteiger partial charge in [-0.25, -0.2) is 0 Å². The molecule has 2 nitrogen and oxygen atoms in total. The highest BCUT2D eigenvalue weighted by atomic mass is 35.5. The van der Waals surface area contributed by atoms with E-state index in [9.17, 15) is 0 Å². The number of likely N-dealkylation sites (tertiary alicyclic amines) is 1. The number of hydrogen-bond donors (Lipinski definition) is 1. The third kappa shape index (κ3) is 4.23. The van der Waals surface area contributed by atoms with E-state index in [0.29, 0.717) is 12.1 Å². The van der Waals surface area contributed by atoms with Gasteiger partial charge in [0.1, 0.15) is 0 Å². The molecular weight excluding hydrogens is 264 g/mol. The number of thiophene rings is 1. The molecule has 0 spiro atoms. The molecule has 1 saturated heterocycles. The summed E-state index contributed by atoms with van der Waals surface area (Å²) in [6, 6.07) is 5.52. The van der Waals surface area contributed by atoms with Crippen LogP contribution in [-0.4, -0.2) is 36.6 Å². The van der Waals surface area contributed by atoms with E-state index in [4.69, 9.17) is 11.6 Å². The van der Waals surface area contributed by atoms with Crippen molar-refractivity contribution in [2.45, 2.75) is 45.2 Å². The minimum atomic E-state index is 0.694. The molecule has 4 heteroatoms. The molecule has 0 unspecified atom stereocenters. The molecule has 2 rings (SSSR count). The number of halogens is 1. The van der Waals surface area contributed by atoms with Crippen LogP contribution >= 0.6 is 22.9 Å². The predicted octanol–water partition coefficient (Wildman–Crippen LogP) is 3.41. The van der Waals surface area contributed by atoms with E-state index < -0.39 is 0 Å². The Morgan fingerprint density at radius 1 is 1.39 bits per heavy atom. The van der Waals surface area contributed by atoms with Crippen LogP contribution in [0.5, 0.6) is 0 Å². The molecule has 0 saturated carbocycles. The van der Waals surface area contributed by atoms with Gasteiger partial charge in [0.05, 0.1) is 4.34 Å². The standard InChI is InChI=1S/C14H23ClN2S/c1-11(2)17-9-6-12(7-10-17)16-8-5-13-3-4-14(15)18-13/h3-4,11-12,16H,5-10H2,1-2H3. The molecule has 0 amide bonds. The van der Waals surface area contributed by atoms with Crippen molar-refractivity contribution in [3.8, 4) is 0 Å². The van der Waals surface area contributed by atoms with Crippen molar-refractivity contribution >= 4 is 22.9 Å². The largest absolute Gasteiger partial charge is 0.314 e. The molecule has 0 atom stereocenters. The summed E-state index contributed by atoms with van der Waals surface area (Å²) in [5, 5.41) is 3.68. The van der Waals surface area contributed by atoms with Crippen molar-refractivity contribution in [2.75, 3.05) is 19.6 Å². The fraction of sp³-hybridized carbons (Fsp3) is 0.714. The molecular formula is C14H23ClN2S. The molecule has 1 fully saturated rings. The fourth-order valence-corrected chi connectivity index (χ4v) is 3.59. The highest BCUT2D eigenvalue weighted by Gasteiger charge is 2.19. The summed E-state index contributed by atoms with van der Waals surface area (Å²) in [5.41, 5.74) is 0. The van der Waals surface area contributed by atoms with Gasteiger partial charge in [-0.1, -0.05) is 11.6 Å². The molecule has 1 aromatic heterocycles. The van der Waals surface area contributed by atoms with Crippen LogP contribution in [0.2, 0.25) is 4.34 Å². The number of hydrogen-bond acceptors (Lipinski definition) is 3. The molecule has 2 heterocycles. The molecule has 1 N–H and O–H groups in total. The van der Waals surface area contributed by atoms with Gasteiger partial charge in [0.15, 0.2) is 0 Å². The van der Waals surface area contributed by atoms with Crippen LogP contribution < -0.4 is 5.32 Å². The SMILES string of the molecule is CC(C)N1CCC(NCCc2ccc(Cl)s2)CC1. The van der Waals surface area contributed by atoms with Gasteiger partial charge in [-0.05, 0) is 58.3 Å². The van der Waals surface area contributed by atoms with E-state index in [0.717, 1.165) is 17.3 Å². The minimum absolute atomic E-state index is 0.694. The maximum atomic E-state index is 5.93. The van der Waals surface area contributed by atoms with E-state index in [-0.39, 0.29) is 0 Å². The molecule has 1 aliphatic rings. The number of piperidine rings is 1. The van der Waals surface area contributed by atoms with Crippen molar-refractivity contribution in [2.24, 2.45) is 0 Å². The quantitative estimate of drug-likeness (QED) is 0.892. The second-order valence-corrected chi connectivity index (χ2v) is 7.11. The third-order valence-corrected chi connectivity index (χ3v) is 4.98. The Kier molecular flexibility index (Phi) is 5.49. The van der Waals surface area contributed by atoms with Gasteiger partial charge in [-0.15, -0.1) is 11.3 Å². The third-order valence-electron chi connectivity index (χ3n) is 3.69. The average Bonchev–Trinajstić information content (AvgIpc) is 2.76. The number of nitrogens with one attached hydrogen (secondary N) is 1. The molecule has 0 radical (unpaired) electrons. The van der Waals surface area contributed by atoms with Gasteiger partial charge in [-0.3, -0.25) is 0 Å². The van der Waals surface area contributed by atoms with E-state index in [1.807, 2.05) is 6.07 Å². The molecule has 102 valence electrons. The van der Waals surface area contributed by atoms with Gasteiger partial charge in [-0.2, -0.15) is 0 Å². The van der Waals surface area contributed by atoms with Gasteiger partial charge >= 0.3 is 0 Å². The van der Waals surface area contributed by atoms with Crippen LogP contribution in [0, 0.1) is 0 Å². The Labute approximate surface area is 119 Å². The van der Waals surface area contributed by atoms with Gasteiger partial charge in [0.2, 0.25) is 0 Å². The smallest absolute Gasteiger partial charge is 0.0931 e. The van der Waals surface area contributed by atoms with E-state index in [1.165, 1.54) is 30.8 Å². The zero-order valence-corrected chi connectivity index (χ0v) is 12.9. The first-order chi connectivity index (χ1) is 8.65. The Morgan fingerprint density at radius 2 is 2.11 bits per heavy atom. The van der Waals surface area contributed by atoms with Crippen LogP contribution in [0.25, 0.3) is 0 Å². The zero-order valence-electron chi connectivity index (χ0n) is 11.3. The summed E-state index contributed by atoms with van der Waals surface area (Å²) in [6.45, 7) is 8.12. The lowest BCUT2D eigenvalue weighted by Gasteiger charge is -2.35. The van der Waals surface area contributed by atoms with Crippen LogP contribution in [0.4, 0.5) is 0 Å². The first-order valence-electron chi connectivity index (χ1n) is 6.87. The van der Waals surface area contributed by atoms with E-state index in [1.54, 1.807) is 11.3 Å². The monoisotopic (exact) mass is 286 g/mol. The van der Waals surface area contributed by atoms with Crippen LogP contribution in [-0.2, 0) is 6.42 Å². The minimum Gasteiger partial charge on any atom is -0.314 e. The van der Waals surface area contributed by atoms with Crippen LogP contribution in [0.3, 0.4) is 0 Å². The normalized spacial score (nSPS) is 18.7. The number of nitrogens with zero attached hydrogens (tertiary/aromatic N) is 1. The van der Waals surface area contributed by atoms with Crippen molar-refractivity contribution < 1.29 is 0 Å². The second-order valence-electron chi connectivity index (χ2n) is 5.31. The fourth-order valence-electron chi connectivity index (χ4n) is 2.51. The molecule has 1 aliphatic heterocycles. The van der Waals surface area contributed by atoms with Crippen molar-refractivity contribution in [1.82, 2.24) is 10.2 Å². The lowest BCUT2D eigenvalue weighted by molar-refractivity contribution is 0.161. The highest BCUT2D eigenvalue weighted by Crippen LogP contribution is 2.21. The maximum absolute atomic E-state index is 5.93. The Bertz CT molecular complexity index is 356. The molecule has 0 aromatic carbocycles. The van der Waals surface area contributed by atoms with Crippen LogP contribution in [0.15, 0.2) is 12.1 Å². The van der Waals surface area contributed by atoms with Gasteiger partial charge in [0.25, 0.3) is 0 Å². The number of rotatable bonds is 5. The van der Waals surface area contributed by atoms with Gasteiger partial charge < -0.3 is 10.2 Å². The summed E-state index contributed by atoms with van der Waals surface area (Å²) < 4.78 is 0.898. The summed E-state index contributed by atoms with van der Waals surface area (Å²) in [6.07, 6.45) is 3.66. The van der Waals surface area contributed by atoms with Crippen molar-refractivity contribution in [3.05, 3.63) is 21.3 Å². The maximum Gasteiger partial charge on any atom is 0.0931 e. The highest BCUT2D eigenvalue weighted by molar-refractivity contribution is 7.16. The summed E-state index contributed by atoms with van der Waals surface area (Å²) in [4.78, 5) is 3.95. The van der Waals surface area contributed by atoms with E-state index in [2.05, 4.69) is 30.1 Å². The Balaban J connectivity index is 1.63. The first-order valence-corrected chi connectivity index (χ1v) is 8.06. The average molecular weight is 287 g/mol. The Hall–Kier alpha value is -0.0900. The zero-order chi connectivity index (χ0) is 13.0. The summed E-state index contributed by atoms with van der Waals surface area (Å²) in [5.74, 6) is 0. The van der Waals surface area contributed by atoms with Gasteiger partial charge in [0, 0.05) is 23.5 Å². The predicted molar refractivity (Wildman–Crippen MR) is 80.8 cm³/mol. The summed E-state index contributed by atoms with van der Waals surface area (Å²) in [7, 11) is 0. The first kappa shape index (κ1) is 14.3. The topological polar surface area (TPSA) is 15.3 Å². The second kappa shape index (κ2) is 6.90. The Morgan fingerprint density at radius 3 is 2.67 bits per heavy atom. The summed E-state index contributed by atoms with van der Waals surface area (Å²) >= 11 is 7.62. The lowest BCUT2D eigenvalue weighted by Crippen LogP contribution is -2.45. The molecule has 0 bridgehead atoms. The molecule has 18 heavy (non-hydrogen) atoms. The van der Waals surface area contributed by atoms with Crippen molar-refractivity contribution in [1.29, 1.82) is 0 Å². The molecule has 0 aliphatic carbocycles. The molecule has 1 aromatic rings. The van der Waals surface area contributed by atoms with Crippen LogP contribution in [0.1, 0.15) is 31.6 Å². The van der Waals surface area contributed by atoms with Crippen molar-refractivity contribution in [3.63, 3.8) is 0 Å². The van der Waals surface area contributed by atoms with E-state index >= 15 is 0 Å².